The highest BCUT2D eigenvalue weighted by atomic mass is 32.2. The molecule has 0 radical (unpaired) electrons. The fourth-order valence-corrected chi connectivity index (χ4v) is 2.86. The van der Waals surface area contributed by atoms with Gasteiger partial charge in [-0.2, -0.15) is 0 Å². The minimum atomic E-state index is -3.09. The largest absolute Gasteiger partial charge is 0.466 e. The average molecular weight is 279 g/mol. The Kier molecular flexibility index (Phi) is 7.47. The first kappa shape index (κ1) is 17.4. The second-order valence-corrected chi connectivity index (χ2v) is 6.91. The Morgan fingerprint density at radius 1 is 1.22 bits per heavy atom. The van der Waals surface area contributed by atoms with Gasteiger partial charge in [0.15, 0.2) is 0 Å². The van der Waals surface area contributed by atoms with Crippen LogP contribution in [0.15, 0.2) is 0 Å². The summed E-state index contributed by atoms with van der Waals surface area (Å²) in [6.07, 6.45) is 1.57. The van der Waals surface area contributed by atoms with Gasteiger partial charge in [-0.3, -0.25) is 4.79 Å². The van der Waals surface area contributed by atoms with E-state index in [4.69, 9.17) is 10.5 Å². The van der Waals surface area contributed by atoms with E-state index in [2.05, 4.69) is 0 Å². The highest BCUT2D eigenvalue weighted by molar-refractivity contribution is 7.91. The van der Waals surface area contributed by atoms with Gasteiger partial charge in [0.05, 0.1) is 17.8 Å². The zero-order valence-electron chi connectivity index (χ0n) is 11.6. The lowest BCUT2D eigenvalue weighted by atomic mass is 9.81. The van der Waals surface area contributed by atoms with Gasteiger partial charge in [0, 0.05) is 12.3 Å². The number of carbonyl (C=O) groups excluding carboxylic acids is 1. The Labute approximate surface area is 110 Å². The summed E-state index contributed by atoms with van der Waals surface area (Å²) in [6, 6.07) is 0. The van der Waals surface area contributed by atoms with Gasteiger partial charge < -0.3 is 10.5 Å². The Morgan fingerprint density at radius 3 is 2.22 bits per heavy atom. The Balaban J connectivity index is 4.91. The van der Waals surface area contributed by atoms with Crippen molar-refractivity contribution < 1.29 is 17.9 Å². The number of hydrogen-bond acceptors (Lipinski definition) is 5. The summed E-state index contributed by atoms with van der Waals surface area (Å²) >= 11 is 0. The lowest BCUT2D eigenvalue weighted by Crippen LogP contribution is -2.41. The van der Waals surface area contributed by atoms with Crippen LogP contribution in [0.25, 0.3) is 0 Å². The van der Waals surface area contributed by atoms with Gasteiger partial charge in [0.2, 0.25) is 0 Å². The smallest absolute Gasteiger partial charge is 0.313 e. The molecule has 108 valence electrons. The van der Waals surface area contributed by atoms with E-state index in [1.54, 1.807) is 13.8 Å². The number of carbonyl (C=O) groups is 1. The molecular formula is C12H25NO4S. The molecule has 0 aromatic rings. The second kappa shape index (κ2) is 7.74. The van der Waals surface area contributed by atoms with Crippen molar-refractivity contribution in [2.24, 2.45) is 11.1 Å². The summed E-state index contributed by atoms with van der Waals surface area (Å²) in [5.41, 5.74) is 4.85. The first-order valence-electron chi connectivity index (χ1n) is 6.45. The molecule has 1 unspecified atom stereocenters. The van der Waals surface area contributed by atoms with Gasteiger partial charge in [0.1, 0.15) is 9.84 Å². The summed E-state index contributed by atoms with van der Waals surface area (Å²) in [7, 11) is -3.09. The molecule has 6 heteroatoms. The van der Waals surface area contributed by atoms with E-state index in [1.807, 2.05) is 6.92 Å². The van der Waals surface area contributed by atoms with Gasteiger partial charge in [0.25, 0.3) is 0 Å². The number of hydrogen-bond donors (Lipinski definition) is 1. The molecule has 0 aliphatic heterocycles. The van der Waals surface area contributed by atoms with Crippen LogP contribution in [0.2, 0.25) is 0 Å². The molecule has 0 saturated carbocycles. The number of nitrogens with two attached hydrogens (primary N) is 1. The molecule has 0 saturated heterocycles. The summed E-state index contributed by atoms with van der Waals surface area (Å²) in [5.74, 6) is -0.303. The molecule has 1 atom stereocenters. The summed E-state index contributed by atoms with van der Waals surface area (Å²) in [6.45, 7) is 5.68. The van der Waals surface area contributed by atoms with E-state index < -0.39 is 15.3 Å². The molecule has 0 rings (SSSR count). The van der Waals surface area contributed by atoms with Crippen LogP contribution >= 0.6 is 0 Å². The average Bonchev–Trinajstić information content (AvgIpc) is 2.35. The van der Waals surface area contributed by atoms with Crippen LogP contribution in [-0.2, 0) is 19.4 Å². The number of esters is 1. The van der Waals surface area contributed by atoms with Crippen LogP contribution < -0.4 is 5.73 Å². The third-order valence-corrected chi connectivity index (χ3v) is 4.86. The van der Waals surface area contributed by atoms with Gasteiger partial charge in [-0.15, -0.1) is 0 Å². The van der Waals surface area contributed by atoms with Gasteiger partial charge in [-0.05, 0) is 19.8 Å². The third-order valence-electron chi connectivity index (χ3n) is 3.16. The molecule has 0 amide bonds. The van der Waals surface area contributed by atoms with Crippen molar-refractivity contribution in [3.05, 3.63) is 0 Å². The quantitative estimate of drug-likeness (QED) is 0.639. The maximum Gasteiger partial charge on any atom is 0.313 e. The molecule has 0 aromatic heterocycles. The zero-order chi connectivity index (χ0) is 14.2. The molecule has 0 aromatic carbocycles. The van der Waals surface area contributed by atoms with Crippen LogP contribution in [0.5, 0.6) is 0 Å². The molecule has 0 heterocycles. The first-order chi connectivity index (χ1) is 8.37. The fraction of sp³-hybridized carbons (Fsp3) is 0.917. The molecule has 0 bridgehead atoms. The van der Waals surface area contributed by atoms with E-state index in [1.165, 1.54) is 0 Å². The van der Waals surface area contributed by atoms with Crippen molar-refractivity contribution >= 4 is 15.8 Å². The molecule has 18 heavy (non-hydrogen) atoms. The van der Waals surface area contributed by atoms with Crippen molar-refractivity contribution in [1.82, 2.24) is 0 Å². The lowest BCUT2D eigenvalue weighted by Gasteiger charge is -2.29. The lowest BCUT2D eigenvalue weighted by molar-refractivity contribution is -0.155. The molecule has 0 spiro atoms. The highest BCUT2D eigenvalue weighted by Crippen LogP contribution is 2.29. The predicted octanol–water partition coefficient (Wildman–Crippen LogP) is 1.12. The third kappa shape index (κ3) is 4.94. The number of rotatable bonds is 9. The standard InChI is InChI=1S/C12H25NO4S/c1-4-7-12(10-13,11(14)17-5-2)8-9-18(15,16)6-3/h4-10,13H2,1-3H3. The second-order valence-electron chi connectivity index (χ2n) is 4.44. The SMILES string of the molecule is CCCC(CN)(CCS(=O)(=O)CC)C(=O)OCC. The van der Waals surface area contributed by atoms with E-state index in [-0.39, 0.29) is 37.0 Å². The summed E-state index contributed by atoms with van der Waals surface area (Å²) in [5, 5.41) is 0. The summed E-state index contributed by atoms with van der Waals surface area (Å²) in [4.78, 5) is 12.0. The van der Waals surface area contributed by atoms with E-state index >= 15 is 0 Å². The van der Waals surface area contributed by atoms with Crippen LogP contribution in [-0.4, -0.2) is 39.0 Å². The maximum atomic E-state index is 12.0. The highest BCUT2D eigenvalue weighted by Gasteiger charge is 2.38. The van der Waals surface area contributed by atoms with Crippen LogP contribution in [0, 0.1) is 5.41 Å². The number of sulfone groups is 1. The van der Waals surface area contributed by atoms with E-state index in [9.17, 15) is 13.2 Å². The van der Waals surface area contributed by atoms with Crippen molar-refractivity contribution in [2.45, 2.75) is 40.0 Å². The molecule has 0 fully saturated rings. The molecular weight excluding hydrogens is 254 g/mol. The Hall–Kier alpha value is -0.620. The van der Waals surface area contributed by atoms with Gasteiger partial charge >= 0.3 is 5.97 Å². The van der Waals surface area contributed by atoms with Crippen LogP contribution in [0.3, 0.4) is 0 Å². The normalized spacial score (nSPS) is 15.1. The first-order valence-corrected chi connectivity index (χ1v) is 8.27. The van der Waals surface area contributed by atoms with E-state index in [0.717, 1.165) is 6.42 Å². The molecule has 0 aliphatic carbocycles. The van der Waals surface area contributed by atoms with Crippen molar-refractivity contribution in [2.75, 3.05) is 24.7 Å². The van der Waals surface area contributed by atoms with Gasteiger partial charge in [-0.1, -0.05) is 20.3 Å². The molecule has 2 N–H and O–H groups in total. The Bertz CT molecular complexity index is 353. The molecule has 0 aliphatic rings. The van der Waals surface area contributed by atoms with Crippen LogP contribution in [0.4, 0.5) is 0 Å². The monoisotopic (exact) mass is 279 g/mol. The molecule has 5 nitrogen and oxygen atoms in total. The summed E-state index contributed by atoms with van der Waals surface area (Å²) < 4.78 is 28.1. The van der Waals surface area contributed by atoms with E-state index in [0.29, 0.717) is 6.42 Å². The fourth-order valence-electron chi connectivity index (χ4n) is 1.87. The zero-order valence-corrected chi connectivity index (χ0v) is 12.4. The van der Waals surface area contributed by atoms with Crippen molar-refractivity contribution in [3.8, 4) is 0 Å². The minimum absolute atomic E-state index is 0.0144. The van der Waals surface area contributed by atoms with Gasteiger partial charge in [-0.25, -0.2) is 8.42 Å². The van der Waals surface area contributed by atoms with Crippen molar-refractivity contribution in [1.29, 1.82) is 0 Å². The van der Waals surface area contributed by atoms with Crippen LogP contribution in [0.1, 0.15) is 40.0 Å². The maximum absolute atomic E-state index is 12.0. The minimum Gasteiger partial charge on any atom is -0.466 e. The number of ether oxygens (including phenoxy) is 1. The Morgan fingerprint density at radius 2 is 1.83 bits per heavy atom. The topological polar surface area (TPSA) is 86.5 Å². The predicted molar refractivity (Wildman–Crippen MR) is 72.0 cm³/mol. The van der Waals surface area contributed by atoms with Crippen molar-refractivity contribution in [3.63, 3.8) is 0 Å².